The Kier molecular flexibility index (Phi) is 7.11. The molecule has 0 unspecified atom stereocenters. The molecule has 130 valence electrons. The van der Waals surface area contributed by atoms with Gasteiger partial charge in [-0.3, -0.25) is 4.79 Å². The topological polar surface area (TPSA) is 29.4 Å². The number of amides is 1. The van der Waals surface area contributed by atoms with E-state index in [0.29, 0.717) is 5.56 Å². The Bertz CT molecular complexity index is 804. The molecule has 0 N–H and O–H groups in total. The molecule has 0 aliphatic heterocycles. The van der Waals surface area contributed by atoms with E-state index in [1.54, 1.807) is 35.7 Å². The first kappa shape index (κ1) is 18.5. The van der Waals surface area contributed by atoms with E-state index in [1.165, 1.54) is 11.1 Å². The minimum absolute atomic E-state index is 0.193. The molecule has 0 saturated heterocycles. The molecular formula is C22H19NOS2. The molecule has 3 aromatic rings. The van der Waals surface area contributed by atoms with Gasteiger partial charge in [0.25, 0.3) is 5.91 Å². The number of rotatable bonds is 5. The van der Waals surface area contributed by atoms with Crippen LogP contribution in [0.15, 0.2) is 96.0 Å². The van der Waals surface area contributed by atoms with Crippen molar-refractivity contribution in [3.63, 3.8) is 0 Å². The molecule has 0 aliphatic carbocycles. The van der Waals surface area contributed by atoms with Gasteiger partial charge in [0.1, 0.15) is 4.38 Å². The second-order valence-electron chi connectivity index (χ2n) is 5.60. The van der Waals surface area contributed by atoms with Crippen LogP contribution in [-0.2, 0) is 11.5 Å². The van der Waals surface area contributed by atoms with Crippen molar-refractivity contribution in [2.24, 2.45) is 4.99 Å². The molecule has 26 heavy (non-hydrogen) atoms. The smallest absolute Gasteiger partial charge is 0.267 e. The van der Waals surface area contributed by atoms with Crippen LogP contribution < -0.4 is 0 Å². The van der Waals surface area contributed by atoms with E-state index >= 15 is 0 Å². The molecule has 0 atom stereocenters. The molecule has 1 amide bonds. The SMILES string of the molecule is O=C(N=C(SCc1ccccc1)SCc1ccccc1)c1ccccc1. The Labute approximate surface area is 162 Å². The predicted octanol–water partition coefficient (Wildman–Crippen LogP) is 6.05. The summed E-state index contributed by atoms with van der Waals surface area (Å²) in [6.07, 6.45) is 0. The number of hydrogen-bond donors (Lipinski definition) is 0. The lowest BCUT2D eigenvalue weighted by atomic mass is 10.2. The van der Waals surface area contributed by atoms with Crippen molar-refractivity contribution in [2.45, 2.75) is 11.5 Å². The van der Waals surface area contributed by atoms with Gasteiger partial charge in [0.05, 0.1) is 0 Å². The van der Waals surface area contributed by atoms with E-state index < -0.39 is 0 Å². The summed E-state index contributed by atoms with van der Waals surface area (Å²) < 4.78 is 0.798. The highest BCUT2D eigenvalue weighted by atomic mass is 32.2. The van der Waals surface area contributed by atoms with Gasteiger partial charge < -0.3 is 0 Å². The lowest BCUT2D eigenvalue weighted by molar-refractivity contribution is 0.100. The standard InChI is InChI=1S/C22H19NOS2/c24-21(20-14-8-3-9-15-20)23-22(25-16-18-10-4-1-5-11-18)26-17-19-12-6-2-7-13-19/h1-15H,16-17H2. The molecule has 0 aliphatic rings. The fourth-order valence-corrected chi connectivity index (χ4v) is 4.22. The fraction of sp³-hybridized carbons (Fsp3) is 0.0909. The maximum atomic E-state index is 12.5. The van der Waals surface area contributed by atoms with E-state index in [0.717, 1.165) is 15.9 Å². The summed E-state index contributed by atoms with van der Waals surface area (Å²) in [7, 11) is 0. The summed E-state index contributed by atoms with van der Waals surface area (Å²) in [4.78, 5) is 16.8. The van der Waals surface area contributed by atoms with Crippen molar-refractivity contribution in [1.82, 2.24) is 0 Å². The summed E-state index contributed by atoms with van der Waals surface area (Å²) in [5.74, 6) is 1.40. The minimum Gasteiger partial charge on any atom is -0.267 e. The third-order valence-electron chi connectivity index (χ3n) is 3.62. The van der Waals surface area contributed by atoms with Gasteiger partial charge in [-0.15, -0.1) is 0 Å². The zero-order chi connectivity index (χ0) is 18.0. The number of carbonyl (C=O) groups is 1. The Morgan fingerprint density at radius 1 is 0.654 bits per heavy atom. The van der Waals surface area contributed by atoms with Gasteiger partial charge in [-0.25, -0.2) is 0 Å². The summed E-state index contributed by atoms with van der Waals surface area (Å²) in [6, 6.07) is 29.7. The van der Waals surface area contributed by atoms with Crippen molar-refractivity contribution >= 4 is 33.8 Å². The normalized spacial score (nSPS) is 10.3. The minimum atomic E-state index is -0.193. The van der Waals surface area contributed by atoms with Crippen molar-refractivity contribution in [2.75, 3.05) is 0 Å². The number of aliphatic imine (C=N–C) groups is 1. The van der Waals surface area contributed by atoms with Crippen LogP contribution in [0.1, 0.15) is 21.5 Å². The van der Waals surface area contributed by atoms with Gasteiger partial charge in [0.15, 0.2) is 0 Å². The zero-order valence-corrected chi connectivity index (χ0v) is 15.9. The average Bonchev–Trinajstić information content (AvgIpc) is 2.72. The highest BCUT2D eigenvalue weighted by molar-refractivity contribution is 8.38. The lowest BCUT2D eigenvalue weighted by Crippen LogP contribution is -1.99. The van der Waals surface area contributed by atoms with Gasteiger partial charge in [0.2, 0.25) is 0 Å². The van der Waals surface area contributed by atoms with Crippen LogP contribution in [0.25, 0.3) is 0 Å². The Morgan fingerprint density at radius 3 is 1.54 bits per heavy atom. The Hall–Kier alpha value is -2.30. The number of benzene rings is 3. The van der Waals surface area contributed by atoms with Crippen LogP contribution in [-0.4, -0.2) is 10.3 Å². The maximum Gasteiger partial charge on any atom is 0.278 e. The molecule has 4 heteroatoms. The fourth-order valence-electron chi connectivity index (χ4n) is 2.27. The monoisotopic (exact) mass is 377 g/mol. The summed E-state index contributed by atoms with van der Waals surface area (Å²) in [5.41, 5.74) is 3.06. The third kappa shape index (κ3) is 5.90. The van der Waals surface area contributed by atoms with E-state index in [4.69, 9.17) is 0 Å². The van der Waals surface area contributed by atoms with Crippen LogP contribution in [0.3, 0.4) is 0 Å². The second kappa shape index (κ2) is 10.00. The van der Waals surface area contributed by atoms with E-state index in [1.807, 2.05) is 54.6 Å². The molecule has 0 heterocycles. The van der Waals surface area contributed by atoms with Crippen LogP contribution in [0.2, 0.25) is 0 Å². The van der Waals surface area contributed by atoms with Crippen molar-refractivity contribution in [3.05, 3.63) is 108 Å². The summed E-state index contributed by atoms with van der Waals surface area (Å²) in [5, 5.41) is 0. The maximum absolute atomic E-state index is 12.5. The molecular weight excluding hydrogens is 358 g/mol. The quantitative estimate of drug-likeness (QED) is 0.400. The van der Waals surface area contributed by atoms with E-state index in [9.17, 15) is 4.79 Å². The molecule has 0 saturated carbocycles. The number of thioether (sulfide) groups is 2. The molecule has 3 aromatic carbocycles. The van der Waals surface area contributed by atoms with Crippen LogP contribution >= 0.6 is 23.5 Å². The zero-order valence-electron chi connectivity index (χ0n) is 14.2. The van der Waals surface area contributed by atoms with Gasteiger partial charge in [-0.05, 0) is 23.3 Å². The molecule has 3 rings (SSSR count). The number of hydrogen-bond acceptors (Lipinski definition) is 3. The van der Waals surface area contributed by atoms with Crippen molar-refractivity contribution < 1.29 is 4.79 Å². The molecule has 0 spiro atoms. The van der Waals surface area contributed by atoms with Crippen LogP contribution in [0.4, 0.5) is 0 Å². The predicted molar refractivity (Wildman–Crippen MR) is 114 cm³/mol. The van der Waals surface area contributed by atoms with Crippen LogP contribution in [0, 0.1) is 0 Å². The molecule has 0 aromatic heterocycles. The first-order valence-electron chi connectivity index (χ1n) is 8.33. The highest BCUT2D eigenvalue weighted by Gasteiger charge is 2.09. The number of nitrogens with zero attached hydrogens (tertiary/aromatic N) is 1. The first-order valence-corrected chi connectivity index (χ1v) is 10.3. The van der Waals surface area contributed by atoms with E-state index in [2.05, 4.69) is 29.3 Å². The highest BCUT2D eigenvalue weighted by Crippen LogP contribution is 2.25. The molecule has 0 fully saturated rings. The van der Waals surface area contributed by atoms with Crippen LogP contribution in [0.5, 0.6) is 0 Å². The van der Waals surface area contributed by atoms with Gasteiger partial charge >= 0.3 is 0 Å². The summed E-state index contributed by atoms with van der Waals surface area (Å²) >= 11 is 3.22. The summed E-state index contributed by atoms with van der Waals surface area (Å²) in [6.45, 7) is 0. The molecule has 0 bridgehead atoms. The first-order chi connectivity index (χ1) is 12.8. The number of carbonyl (C=O) groups excluding carboxylic acids is 1. The van der Waals surface area contributed by atoms with Crippen molar-refractivity contribution in [3.8, 4) is 0 Å². The lowest BCUT2D eigenvalue weighted by Gasteiger charge is -2.07. The van der Waals surface area contributed by atoms with Gasteiger partial charge in [-0.2, -0.15) is 4.99 Å². The van der Waals surface area contributed by atoms with Gasteiger partial charge in [0, 0.05) is 17.1 Å². The second-order valence-corrected chi connectivity index (χ2v) is 7.78. The molecule has 0 radical (unpaired) electrons. The Balaban J connectivity index is 1.71. The van der Waals surface area contributed by atoms with Crippen molar-refractivity contribution in [1.29, 1.82) is 0 Å². The Morgan fingerprint density at radius 2 is 1.08 bits per heavy atom. The average molecular weight is 378 g/mol. The largest absolute Gasteiger partial charge is 0.278 e. The van der Waals surface area contributed by atoms with Gasteiger partial charge in [-0.1, -0.05) is 102 Å². The molecule has 2 nitrogen and oxygen atoms in total. The third-order valence-corrected chi connectivity index (χ3v) is 5.96. The van der Waals surface area contributed by atoms with E-state index in [-0.39, 0.29) is 5.91 Å².